The van der Waals surface area contributed by atoms with Crippen LogP contribution in [0, 0.1) is 5.92 Å². The number of carbonyl (C=O) groups is 1. The number of carbonyl (C=O) groups excluding carboxylic acids is 1. The van der Waals surface area contributed by atoms with E-state index in [4.69, 9.17) is 0 Å². The molecule has 1 N–H and O–H groups in total. The molecule has 0 bridgehead atoms. The lowest BCUT2D eigenvalue weighted by molar-refractivity contribution is -0.121. The van der Waals surface area contributed by atoms with Crippen molar-refractivity contribution in [3.63, 3.8) is 0 Å². The summed E-state index contributed by atoms with van der Waals surface area (Å²) in [7, 11) is -3.12. The Kier molecular flexibility index (Phi) is 5.36. The first-order valence-electron chi connectivity index (χ1n) is 7.21. The highest BCUT2D eigenvalue weighted by Crippen LogP contribution is 2.21. The Morgan fingerprint density at radius 3 is 2.67 bits per heavy atom. The fourth-order valence-electron chi connectivity index (χ4n) is 2.59. The standard InChI is InChI=1S/C15H22N2O3S/c1-21(19,20)17-10-8-14(12-17)11-15(18)16-9-7-13-5-3-2-4-6-13/h2-6,14H,7-12H2,1H3,(H,16,18). The summed E-state index contributed by atoms with van der Waals surface area (Å²) in [4.78, 5) is 11.9. The fourth-order valence-corrected chi connectivity index (χ4v) is 3.51. The van der Waals surface area contributed by atoms with Gasteiger partial charge in [0.2, 0.25) is 15.9 Å². The van der Waals surface area contributed by atoms with Crippen molar-refractivity contribution in [2.45, 2.75) is 19.3 Å². The van der Waals surface area contributed by atoms with Gasteiger partial charge in [0.25, 0.3) is 0 Å². The van der Waals surface area contributed by atoms with Crippen molar-refractivity contribution in [1.82, 2.24) is 9.62 Å². The van der Waals surface area contributed by atoms with Gasteiger partial charge in [0.15, 0.2) is 0 Å². The molecule has 1 aliphatic rings. The van der Waals surface area contributed by atoms with Crippen molar-refractivity contribution in [3.8, 4) is 0 Å². The van der Waals surface area contributed by atoms with E-state index in [0.717, 1.165) is 12.8 Å². The maximum absolute atomic E-state index is 11.9. The minimum atomic E-state index is -3.12. The third-order valence-corrected chi connectivity index (χ3v) is 5.04. The van der Waals surface area contributed by atoms with Gasteiger partial charge in [0.05, 0.1) is 6.26 Å². The van der Waals surface area contributed by atoms with Crippen LogP contribution in [0.3, 0.4) is 0 Å². The molecular formula is C15H22N2O3S. The van der Waals surface area contributed by atoms with Gasteiger partial charge in [0.1, 0.15) is 0 Å². The predicted molar refractivity (Wildman–Crippen MR) is 82.3 cm³/mol. The third-order valence-electron chi connectivity index (χ3n) is 3.77. The highest BCUT2D eigenvalue weighted by molar-refractivity contribution is 7.88. The first kappa shape index (κ1) is 16.0. The summed E-state index contributed by atoms with van der Waals surface area (Å²) >= 11 is 0. The average molecular weight is 310 g/mol. The second kappa shape index (κ2) is 7.04. The molecule has 116 valence electrons. The van der Waals surface area contributed by atoms with Gasteiger partial charge in [-0.15, -0.1) is 0 Å². The van der Waals surface area contributed by atoms with Gasteiger partial charge < -0.3 is 5.32 Å². The largest absolute Gasteiger partial charge is 0.356 e. The molecule has 0 radical (unpaired) electrons. The molecule has 0 spiro atoms. The molecule has 2 rings (SSSR count). The van der Waals surface area contributed by atoms with Crippen LogP contribution < -0.4 is 5.32 Å². The Bertz CT molecular complexity index is 572. The quantitative estimate of drug-likeness (QED) is 0.853. The monoisotopic (exact) mass is 310 g/mol. The molecule has 1 aromatic rings. The van der Waals surface area contributed by atoms with Crippen LogP contribution in [0.5, 0.6) is 0 Å². The van der Waals surface area contributed by atoms with E-state index in [9.17, 15) is 13.2 Å². The zero-order chi connectivity index (χ0) is 15.3. The van der Waals surface area contributed by atoms with Crippen LogP contribution in [0.2, 0.25) is 0 Å². The van der Waals surface area contributed by atoms with E-state index in [1.165, 1.54) is 16.1 Å². The molecule has 1 heterocycles. The van der Waals surface area contributed by atoms with Crippen LogP contribution in [0.4, 0.5) is 0 Å². The summed E-state index contributed by atoms with van der Waals surface area (Å²) in [5.41, 5.74) is 1.20. The van der Waals surface area contributed by atoms with Gasteiger partial charge in [0, 0.05) is 26.1 Å². The smallest absolute Gasteiger partial charge is 0.220 e. The van der Waals surface area contributed by atoms with Crippen molar-refractivity contribution in [2.24, 2.45) is 5.92 Å². The van der Waals surface area contributed by atoms with E-state index in [1.807, 2.05) is 30.3 Å². The topological polar surface area (TPSA) is 66.5 Å². The van der Waals surface area contributed by atoms with E-state index in [0.29, 0.717) is 26.1 Å². The number of rotatable bonds is 6. The van der Waals surface area contributed by atoms with Crippen LogP contribution in [0.1, 0.15) is 18.4 Å². The molecule has 5 nitrogen and oxygen atoms in total. The summed E-state index contributed by atoms with van der Waals surface area (Å²) in [5, 5.41) is 2.90. The van der Waals surface area contributed by atoms with Crippen LogP contribution in [0.25, 0.3) is 0 Å². The van der Waals surface area contributed by atoms with Gasteiger partial charge in [-0.3, -0.25) is 4.79 Å². The summed E-state index contributed by atoms with van der Waals surface area (Å²) in [6, 6.07) is 10.0. The van der Waals surface area contributed by atoms with E-state index >= 15 is 0 Å². The van der Waals surface area contributed by atoms with Crippen molar-refractivity contribution >= 4 is 15.9 Å². The lowest BCUT2D eigenvalue weighted by Crippen LogP contribution is -2.30. The number of benzene rings is 1. The molecule has 21 heavy (non-hydrogen) atoms. The Balaban J connectivity index is 1.69. The lowest BCUT2D eigenvalue weighted by atomic mass is 10.0. The second-order valence-electron chi connectivity index (χ2n) is 5.57. The molecule has 1 aliphatic heterocycles. The van der Waals surface area contributed by atoms with Gasteiger partial charge >= 0.3 is 0 Å². The Morgan fingerprint density at radius 1 is 1.33 bits per heavy atom. The zero-order valence-corrected chi connectivity index (χ0v) is 13.1. The SMILES string of the molecule is CS(=O)(=O)N1CCC(CC(=O)NCCc2ccccc2)C1. The number of hydrogen-bond donors (Lipinski definition) is 1. The molecule has 6 heteroatoms. The molecule has 1 unspecified atom stereocenters. The molecule has 0 aliphatic carbocycles. The minimum Gasteiger partial charge on any atom is -0.356 e. The highest BCUT2D eigenvalue weighted by Gasteiger charge is 2.29. The number of nitrogens with zero attached hydrogens (tertiary/aromatic N) is 1. The van der Waals surface area contributed by atoms with E-state index < -0.39 is 10.0 Å². The number of hydrogen-bond acceptors (Lipinski definition) is 3. The van der Waals surface area contributed by atoms with Crippen LogP contribution in [-0.4, -0.2) is 44.5 Å². The lowest BCUT2D eigenvalue weighted by Gasteiger charge is -2.13. The number of nitrogens with one attached hydrogen (secondary N) is 1. The van der Waals surface area contributed by atoms with Crippen LogP contribution >= 0.6 is 0 Å². The maximum atomic E-state index is 11.9. The first-order chi connectivity index (χ1) is 9.95. The zero-order valence-electron chi connectivity index (χ0n) is 12.3. The van der Waals surface area contributed by atoms with Gasteiger partial charge in [-0.05, 0) is 24.3 Å². The predicted octanol–water partition coefficient (Wildman–Crippen LogP) is 1.02. The van der Waals surface area contributed by atoms with E-state index in [1.54, 1.807) is 0 Å². The molecule has 0 aromatic heterocycles. The van der Waals surface area contributed by atoms with Crippen LogP contribution in [-0.2, 0) is 21.2 Å². The molecule has 1 fully saturated rings. The normalized spacial score (nSPS) is 19.6. The van der Waals surface area contributed by atoms with Gasteiger partial charge in [-0.1, -0.05) is 30.3 Å². The van der Waals surface area contributed by atoms with Crippen molar-refractivity contribution in [2.75, 3.05) is 25.9 Å². The summed E-state index contributed by atoms with van der Waals surface area (Å²) in [6.07, 6.45) is 3.20. The second-order valence-corrected chi connectivity index (χ2v) is 7.55. The summed E-state index contributed by atoms with van der Waals surface area (Å²) in [5.74, 6) is 0.141. The van der Waals surface area contributed by atoms with E-state index in [2.05, 4.69) is 5.32 Å². The number of sulfonamides is 1. The van der Waals surface area contributed by atoms with Gasteiger partial charge in [-0.25, -0.2) is 12.7 Å². The molecule has 1 atom stereocenters. The molecule has 1 aromatic carbocycles. The Hall–Kier alpha value is -1.40. The van der Waals surface area contributed by atoms with Crippen molar-refractivity contribution < 1.29 is 13.2 Å². The average Bonchev–Trinajstić information content (AvgIpc) is 2.88. The Morgan fingerprint density at radius 2 is 2.05 bits per heavy atom. The van der Waals surface area contributed by atoms with Crippen molar-refractivity contribution in [3.05, 3.63) is 35.9 Å². The minimum absolute atomic E-state index is 0.00582. The maximum Gasteiger partial charge on any atom is 0.220 e. The van der Waals surface area contributed by atoms with Gasteiger partial charge in [-0.2, -0.15) is 0 Å². The van der Waals surface area contributed by atoms with E-state index in [-0.39, 0.29) is 11.8 Å². The van der Waals surface area contributed by atoms with Crippen LogP contribution in [0.15, 0.2) is 30.3 Å². The summed E-state index contributed by atoms with van der Waals surface area (Å²) < 4.78 is 24.3. The molecule has 1 saturated heterocycles. The third kappa shape index (κ3) is 5.13. The summed E-state index contributed by atoms with van der Waals surface area (Å²) in [6.45, 7) is 1.61. The fraction of sp³-hybridized carbons (Fsp3) is 0.533. The first-order valence-corrected chi connectivity index (χ1v) is 9.06. The molecular weight excluding hydrogens is 288 g/mol. The highest BCUT2D eigenvalue weighted by atomic mass is 32.2. The molecule has 1 amide bonds. The van der Waals surface area contributed by atoms with Crippen molar-refractivity contribution in [1.29, 1.82) is 0 Å². The molecule has 0 saturated carbocycles. The number of amides is 1. The Labute approximate surface area is 126 Å².